The maximum atomic E-state index is 12.5. The van der Waals surface area contributed by atoms with Crippen LogP contribution in [0.5, 0.6) is 0 Å². The van der Waals surface area contributed by atoms with Gasteiger partial charge < -0.3 is 10.3 Å². The standard InChI is InChI=1S/C19H21N5O/c1-11-12(2)23-24-18(11)17(25)8-13-7-15-9-16(22-19(15)21-10-13)14-3-5-20-6-4-14/h3,7,9-10,20H,4-6,8H2,1-2H3,(H,21,22)(H,23,24). The third-order valence-corrected chi connectivity index (χ3v) is 4.82. The van der Waals surface area contributed by atoms with Crippen molar-refractivity contribution in [2.24, 2.45) is 0 Å². The van der Waals surface area contributed by atoms with Crippen LogP contribution in [0.1, 0.15) is 39.4 Å². The van der Waals surface area contributed by atoms with Crippen LogP contribution >= 0.6 is 0 Å². The number of rotatable bonds is 4. The molecule has 4 rings (SSSR count). The number of hydrogen-bond donors (Lipinski definition) is 3. The van der Waals surface area contributed by atoms with E-state index in [0.717, 1.165) is 53.1 Å². The summed E-state index contributed by atoms with van der Waals surface area (Å²) in [4.78, 5) is 20.4. The summed E-state index contributed by atoms with van der Waals surface area (Å²) >= 11 is 0. The van der Waals surface area contributed by atoms with Gasteiger partial charge in [0.05, 0.1) is 0 Å². The van der Waals surface area contributed by atoms with Gasteiger partial charge in [0, 0.05) is 41.5 Å². The molecule has 0 amide bonds. The van der Waals surface area contributed by atoms with Crippen molar-refractivity contribution in [1.82, 2.24) is 25.5 Å². The molecule has 0 fully saturated rings. The minimum atomic E-state index is 0.0137. The number of aryl methyl sites for hydroxylation is 1. The van der Waals surface area contributed by atoms with E-state index in [9.17, 15) is 4.79 Å². The molecule has 1 aliphatic heterocycles. The molecule has 0 spiro atoms. The maximum absolute atomic E-state index is 12.5. The fourth-order valence-electron chi connectivity index (χ4n) is 3.22. The molecule has 0 saturated carbocycles. The van der Waals surface area contributed by atoms with E-state index in [0.29, 0.717) is 12.1 Å². The third kappa shape index (κ3) is 3.00. The van der Waals surface area contributed by atoms with E-state index in [1.807, 2.05) is 19.9 Å². The molecule has 4 heterocycles. The number of Topliss-reactive ketones (excluding diaryl/α,β-unsaturated/α-hetero) is 1. The van der Waals surface area contributed by atoms with Crippen molar-refractivity contribution in [2.75, 3.05) is 13.1 Å². The van der Waals surface area contributed by atoms with Crippen LogP contribution in [0.15, 0.2) is 24.4 Å². The molecule has 0 atom stereocenters. The van der Waals surface area contributed by atoms with Crippen molar-refractivity contribution in [2.45, 2.75) is 26.7 Å². The van der Waals surface area contributed by atoms with Crippen molar-refractivity contribution in [3.05, 3.63) is 52.6 Å². The largest absolute Gasteiger partial charge is 0.339 e. The first kappa shape index (κ1) is 15.8. The van der Waals surface area contributed by atoms with Gasteiger partial charge in [-0.3, -0.25) is 9.89 Å². The minimum Gasteiger partial charge on any atom is -0.339 e. The first-order valence-electron chi connectivity index (χ1n) is 8.54. The molecule has 128 valence electrons. The van der Waals surface area contributed by atoms with E-state index in [1.54, 1.807) is 6.20 Å². The number of nitrogens with one attached hydrogen (secondary N) is 3. The summed E-state index contributed by atoms with van der Waals surface area (Å²) in [7, 11) is 0. The average Bonchev–Trinajstić information content (AvgIpc) is 3.19. The summed E-state index contributed by atoms with van der Waals surface area (Å²) in [6, 6.07) is 4.16. The number of hydrogen-bond acceptors (Lipinski definition) is 4. The zero-order valence-electron chi connectivity index (χ0n) is 14.4. The van der Waals surface area contributed by atoms with Crippen LogP contribution in [0.25, 0.3) is 16.6 Å². The van der Waals surface area contributed by atoms with Gasteiger partial charge in [0.2, 0.25) is 0 Å². The number of nitrogens with zero attached hydrogens (tertiary/aromatic N) is 2. The van der Waals surface area contributed by atoms with Crippen LogP contribution in [-0.4, -0.2) is 39.0 Å². The Morgan fingerprint density at radius 3 is 2.88 bits per heavy atom. The lowest BCUT2D eigenvalue weighted by atomic mass is 10.0. The highest BCUT2D eigenvalue weighted by Gasteiger charge is 2.16. The molecule has 0 unspecified atom stereocenters. The topological polar surface area (TPSA) is 86.5 Å². The molecule has 3 N–H and O–H groups in total. The molecule has 0 aliphatic carbocycles. The SMILES string of the molecule is Cc1[nH]nc(C(=O)Cc2cnc3[nH]c(C4=CCNCC4)cc3c2)c1C. The lowest BCUT2D eigenvalue weighted by molar-refractivity contribution is 0.0987. The van der Waals surface area contributed by atoms with Gasteiger partial charge in [0.15, 0.2) is 5.78 Å². The van der Waals surface area contributed by atoms with E-state index in [4.69, 9.17) is 0 Å². The zero-order valence-corrected chi connectivity index (χ0v) is 14.4. The predicted octanol–water partition coefficient (Wildman–Crippen LogP) is 2.70. The summed E-state index contributed by atoms with van der Waals surface area (Å²) in [5.74, 6) is 0.0137. The van der Waals surface area contributed by atoms with E-state index in [1.165, 1.54) is 5.57 Å². The van der Waals surface area contributed by atoms with Crippen molar-refractivity contribution in [3.8, 4) is 0 Å². The molecule has 1 aliphatic rings. The normalized spacial score (nSPS) is 14.7. The third-order valence-electron chi connectivity index (χ3n) is 4.82. The van der Waals surface area contributed by atoms with Crippen LogP contribution in [0, 0.1) is 13.8 Å². The first-order valence-corrected chi connectivity index (χ1v) is 8.54. The van der Waals surface area contributed by atoms with Crippen LogP contribution < -0.4 is 5.32 Å². The highest BCUT2D eigenvalue weighted by Crippen LogP contribution is 2.24. The number of carbonyl (C=O) groups is 1. The van der Waals surface area contributed by atoms with E-state index >= 15 is 0 Å². The summed E-state index contributed by atoms with van der Waals surface area (Å²) < 4.78 is 0. The van der Waals surface area contributed by atoms with Crippen LogP contribution in [0.3, 0.4) is 0 Å². The Kier molecular flexibility index (Phi) is 3.97. The van der Waals surface area contributed by atoms with Crippen LogP contribution in [0.4, 0.5) is 0 Å². The second kappa shape index (κ2) is 6.29. The van der Waals surface area contributed by atoms with Crippen molar-refractivity contribution in [3.63, 3.8) is 0 Å². The molecule has 0 aromatic carbocycles. The lowest BCUT2D eigenvalue weighted by Crippen LogP contribution is -2.20. The number of H-pyrrole nitrogens is 2. The van der Waals surface area contributed by atoms with Gasteiger partial charge in [-0.1, -0.05) is 6.08 Å². The van der Waals surface area contributed by atoms with Gasteiger partial charge in [-0.25, -0.2) is 4.98 Å². The maximum Gasteiger partial charge on any atom is 0.187 e. The molecule has 3 aromatic heterocycles. The molecule has 6 nitrogen and oxygen atoms in total. The van der Waals surface area contributed by atoms with E-state index in [-0.39, 0.29) is 5.78 Å². The van der Waals surface area contributed by atoms with Crippen LogP contribution in [0.2, 0.25) is 0 Å². The summed E-state index contributed by atoms with van der Waals surface area (Å²) in [6.45, 7) is 5.74. The van der Waals surface area contributed by atoms with Gasteiger partial charge in [-0.05, 0) is 50.1 Å². The Morgan fingerprint density at radius 1 is 1.28 bits per heavy atom. The average molecular weight is 335 g/mol. The highest BCUT2D eigenvalue weighted by atomic mass is 16.1. The van der Waals surface area contributed by atoms with E-state index in [2.05, 4.69) is 37.6 Å². The molecular formula is C19H21N5O. The Morgan fingerprint density at radius 2 is 2.16 bits per heavy atom. The number of aromatic nitrogens is 4. The summed E-state index contributed by atoms with van der Waals surface area (Å²) in [5.41, 5.74) is 6.57. The molecular weight excluding hydrogens is 314 g/mol. The van der Waals surface area contributed by atoms with Gasteiger partial charge in [-0.2, -0.15) is 5.10 Å². The van der Waals surface area contributed by atoms with Gasteiger partial charge in [0.25, 0.3) is 0 Å². The lowest BCUT2D eigenvalue weighted by Gasteiger charge is -2.12. The fraction of sp³-hybridized carbons (Fsp3) is 0.316. The smallest absolute Gasteiger partial charge is 0.187 e. The van der Waals surface area contributed by atoms with Crippen LogP contribution in [-0.2, 0) is 6.42 Å². The fourth-order valence-corrected chi connectivity index (χ4v) is 3.22. The summed E-state index contributed by atoms with van der Waals surface area (Å²) in [6.07, 6.45) is 5.30. The second-order valence-corrected chi connectivity index (χ2v) is 6.57. The molecule has 0 bridgehead atoms. The Labute approximate surface area is 145 Å². The predicted molar refractivity (Wildman–Crippen MR) is 97.7 cm³/mol. The molecule has 3 aromatic rings. The molecule has 6 heteroatoms. The van der Waals surface area contributed by atoms with Gasteiger partial charge >= 0.3 is 0 Å². The number of fused-ring (bicyclic) bond motifs is 1. The first-order chi connectivity index (χ1) is 12.1. The number of pyridine rings is 1. The monoisotopic (exact) mass is 335 g/mol. The van der Waals surface area contributed by atoms with Crippen molar-refractivity contribution < 1.29 is 4.79 Å². The molecule has 0 saturated heterocycles. The minimum absolute atomic E-state index is 0.0137. The quantitative estimate of drug-likeness (QED) is 0.640. The van der Waals surface area contributed by atoms with Crippen molar-refractivity contribution >= 4 is 22.4 Å². The van der Waals surface area contributed by atoms with Gasteiger partial charge in [-0.15, -0.1) is 0 Å². The number of ketones is 1. The molecule has 25 heavy (non-hydrogen) atoms. The Bertz CT molecular complexity index is 979. The summed E-state index contributed by atoms with van der Waals surface area (Å²) in [5, 5.41) is 11.4. The Balaban J connectivity index is 1.59. The zero-order chi connectivity index (χ0) is 17.4. The van der Waals surface area contributed by atoms with Gasteiger partial charge in [0.1, 0.15) is 11.3 Å². The van der Waals surface area contributed by atoms with E-state index < -0.39 is 0 Å². The highest BCUT2D eigenvalue weighted by molar-refractivity contribution is 5.97. The number of carbonyl (C=O) groups excluding carboxylic acids is 1. The second-order valence-electron chi connectivity index (χ2n) is 6.57. The molecule has 0 radical (unpaired) electrons. The Hall–Kier alpha value is -2.73. The number of aromatic amines is 2. The van der Waals surface area contributed by atoms with Crippen molar-refractivity contribution in [1.29, 1.82) is 0 Å².